The first kappa shape index (κ1) is 15.5. The van der Waals surface area contributed by atoms with Crippen molar-refractivity contribution in [1.29, 1.82) is 0 Å². The van der Waals surface area contributed by atoms with Gasteiger partial charge in [-0.3, -0.25) is 9.59 Å². The first-order valence-electron chi connectivity index (χ1n) is 6.04. The summed E-state index contributed by atoms with van der Waals surface area (Å²) in [5.74, 6) is -1.32. The van der Waals surface area contributed by atoms with Gasteiger partial charge >= 0.3 is 6.09 Å². The standard InChI is InChI=1S/C13H17N3O4/c14-11(17)7-6-10(12(15)18)16-13(19)20-8-9-4-2-1-3-5-9/h1-5,10H,6-8H2,(H2,14,17)(H2,15,18)(H,16,19)/t10-/m1/s1. The Kier molecular flexibility index (Phi) is 6.02. The largest absolute Gasteiger partial charge is 0.445 e. The fourth-order valence-electron chi connectivity index (χ4n) is 1.48. The molecule has 0 aromatic heterocycles. The van der Waals surface area contributed by atoms with E-state index in [0.29, 0.717) is 0 Å². The van der Waals surface area contributed by atoms with Gasteiger partial charge in [-0.05, 0) is 12.0 Å². The maximum Gasteiger partial charge on any atom is 0.408 e. The van der Waals surface area contributed by atoms with Gasteiger partial charge < -0.3 is 21.5 Å². The van der Waals surface area contributed by atoms with Crippen molar-refractivity contribution in [3.05, 3.63) is 35.9 Å². The van der Waals surface area contributed by atoms with Crippen molar-refractivity contribution in [2.45, 2.75) is 25.5 Å². The lowest BCUT2D eigenvalue weighted by Crippen LogP contribution is -2.45. The second-order valence-electron chi connectivity index (χ2n) is 4.17. The molecule has 1 aromatic carbocycles. The number of nitrogens with one attached hydrogen (secondary N) is 1. The summed E-state index contributed by atoms with van der Waals surface area (Å²) in [6, 6.07) is 8.09. The van der Waals surface area contributed by atoms with Crippen molar-refractivity contribution >= 4 is 17.9 Å². The molecule has 20 heavy (non-hydrogen) atoms. The molecular formula is C13H17N3O4. The summed E-state index contributed by atoms with van der Waals surface area (Å²) < 4.78 is 4.94. The van der Waals surface area contributed by atoms with Crippen molar-refractivity contribution in [3.63, 3.8) is 0 Å². The van der Waals surface area contributed by atoms with Crippen LogP contribution in [0.25, 0.3) is 0 Å². The fourth-order valence-corrected chi connectivity index (χ4v) is 1.48. The number of rotatable bonds is 7. The zero-order valence-electron chi connectivity index (χ0n) is 10.9. The molecule has 1 rings (SSSR count). The quantitative estimate of drug-likeness (QED) is 0.651. The van der Waals surface area contributed by atoms with Gasteiger partial charge in [-0.15, -0.1) is 0 Å². The Balaban J connectivity index is 2.41. The van der Waals surface area contributed by atoms with E-state index in [9.17, 15) is 14.4 Å². The van der Waals surface area contributed by atoms with E-state index in [1.165, 1.54) is 0 Å². The molecular weight excluding hydrogens is 262 g/mol. The third-order valence-electron chi connectivity index (χ3n) is 2.53. The van der Waals surface area contributed by atoms with Gasteiger partial charge in [-0.1, -0.05) is 30.3 Å². The topological polar surface area (TPSA) is 125 Å². The second kappa shape index (κ2) is 7.78. The Bertz CT molecular complexity index is 476. The van der Waals surface area contributed by atoms with Gasteiger partial charge in [0.2, 0.25) is 11.8 Å². The zero-order chi connectivity index (χ0) is 15.0. The third-order valence-corrected chi connectivity index (χ3v) is 2.53. The fraction of sp³-hybridized carbons (Fsp3) is 0.308. The average molecular weight is 279 g/mol. The molecule has 0 saturated carbocycles. The molecule has 0 unspecified atom stereocenters. The van der Waals surface area contributed by atoms with E-state index in [2.05, 4.69) is 5.32 Å². The van der Waals surface area contributed by atoms with E-state index in [1.807, 2.05) is 18.2 Å². The third kappa shape index (κ3) is 5.85. The molecule has 1 atom stereocenters. The molecule has 0 spiro atoms. The van der Waals surface area contributed by atoms with Crippen LogP contribution in [0.5, 0.6) is 0 Å². The molecule has 5 N–H and O–H groups in total. The van der Waals surface area contributed by atoms with Crippen LogP contribution in [0, 0.1) is 0 Å². The summed E-state index contributed by atoms with van der Waals surface area (Å²) in [7, 11) is 0. The maximum absolute atomic E-state index is 11.5. The lowest BCUT2D eigenvalue weighted by molar-refractivity contribution is -0.120. The van der Waals surface area contributed by atoms with E-state index in [0.717, 1.165) is 5.56 Å². The van der Waals surface area contributed by atoms with Crippen LogP contribution in [0.2, 0.25) is 0 Å². The van der Waals surface area contributed by atoms with Crippen molar-refractivity contribution in [1.82, 2.24) is 5.32 Å². The van der Waals surface area contributed by atoms with Crippen LogP contribution in [0.15, 0.2) is 30.3 Å². The van der Waals surface area contributed by atoms with Gasteiger partial charge in [-0.25, -0.2) is 4.79 Å². The highest BCUT2D eigenvalue weighted by atomic mass is 16.5. The van der Waals surface area contributed by atoms with Gasteiger partial charge in [0.1, 0.15) is 12.6 Å². The molecule has 0 saturated heterocycles. The average Bonchev–Trinajstić information content (AvgIpc) is 2.41. The van der Waals surface area contributed by atoms with Gasteiger partial charge in [0.25, 0.3) is 0 Å². The predicted molar refractivity (Wildman–Crippen MR) is 71.2 cm³/mol. The van der Waals surface area contributed by atoms with Crippen molar-refractivity contribution < 1.29 is 19.1 Å². The monoisotopic (exact) mass is 279 g/mol. The van der Waals surface area contributed by atoms with E-state index < -0.39 is 23.9 Å². The molecule has 0 fully saturated rings. The summed E-state index contributed by atoms with van der Waals surface area (Å²) in [4.78, 5) is 33.3. The number of carbonyl (C=O) groups is 3. The summed E-state index contributed by atoms with van der Waals surface area (Å²) in [6.07, 6.45) is -0.778. The molecule has 7 heteroatoms. The van der Waals surface area contributed by atoms with Crippen molar-refractivity contribution in [3.8, 4) is 0 Å². The number of primary amides is 2. The van der Waals surface area contributed by atoms with Crippen LogP contribution >= 0.6 is 0 Å². The highest BCUT2D eigenvalue weighted by Gasteiger charge is 2.19. The Morgan fingerprint density at radius 1 is 1.15 bits per heavy atom. The van der Waals surface area contributed by atoms with Crippen LogP contribution in [-0.2, 0) is 20.9 Å². The number of ether oxygens (including phenoxy) is 1. The summed E-state index contributed by atoms with van der Waals surface area (Å²) >= 11 is 0. The molecule has 0 radical (unpaired) electrons. The minimum atomic E-state index is -0.981. The Labute approximate surface area is 116 Å². The van der Waals surface area contributed by atoms with Gasteiger partial charge in [-0.2, -0.15) is 0 Å². The number of benzene rings is 1. The molecule has 3 amide bonds. The first-order valence-corrected chi connectivity index (χ1v) is 6.04. The molecule has 0 aliphatic carbocycles. The lowest BCUT2D eigenvalue weighted by Gasteiger charge is -2.14. The highest BCUT2D eigenvalue weighted by molar-refractivity contribution is 5.85. The summed E-state index contributed by atoms with van der Waals surface area (Å²) in [6.45, 7) is 0.0774. The van der Waals surface area contributed by atoms with Gasteiger partial charge in [0, 0.05) is 6.42 Å². The normalized spacial score (nSPS) is 11.4. The number of nitrogens with two attached hydrogens (primary N) is 2. The number of alkyl carbamates (subject to hydrolysis) is 1. The molecule has 0 bridgehead atoms. The summed E-state index contributed by atoms with van der Waals surface area (Å²) in [5, 5.41) is 2.30. The number of hydrogen-bond donors (Lipinski definition) is 3. The smallest absolute Gasteiger partial charge is 0.408 e. The Hall–Kier alpha value is -2.57. The van der Waals surface area contributed by atoms with Crippen LogP contribution in [0.3, 0.4) is 0 Å². The molecule has 0 aliphatic heterocycles. The van der Waals surface area contributed by atoms with Crippen molar-refractivity contribution in [2.75, 3.05) is 0 Å². The molecule has 108 valence electrons. The molecule has 1 aromatic rings. The minimum Gasteiger partial charge on any atom is -0.445 e. The van der Waals surface area contributed by atoms with E-state index >= 15 is 0 Å². The highest BCUT2D eigenvalue weighted by Crippen LogP contribution is 2.02. The van der Waals surface area contributed by atoms with Crippen LogP contribution in [0.1, 0.15) is 18.4 Å². The minimum absolute atomic E-state index is 0.0467. The first-order chi connectivity index (χ1) is 9.49. The van der Waals surface area contributed by atoms with Gasteiger partial charge in [0.15, 0.2) is 0 Å². The zero-order valence-corrected chi connectivity index (χ0v) is 10.9. The maximum atomic E-state index is 11.5. The van der Waals surface area contributed by atoms with Gasteiger partial charge in [0.05, 0.1) is 0 Å². The predicted octanol–water partition coefficient (Wildman–Crippen LogP) is 0.0322. The molecule has 0 aliphatic rings. The lowest BCUT2D eigenvalue weighted by atomic mass is 10.1. The van der Waals surface area contributed by atoms with Crippen LogP contribution in [-0.4, -0.2) is 23.9 Å². The number of hydrogen-bond acceptors (Lipinski definition) is 4. The number of carbonyl (C=O) groups excluding carboxylic acids is 3. The Morgan fingerprint density at radius 3 is 2.35 bits per heavy atom. The van der Waals surface area contributed by atoms with E-state index in [1.54, 1.807) is 12.1 Å². The van der Waals surface area contributed by atoms with E-state index in [4.69, 9.17) is 16.2 Å². The number of amides is 3. The van der Waals surface area contributed by atoms with Crippen LogP contribution < -0.4 is 16.8 Å². The Morgan fingerprint density at radius 2 is 1.80 bits per heavy atom. The SMILES string of the molecule is NC(=O)CC[C@@H](NC(=O)OCc1ccccc1)C(N)=O. The van der Waals surface area contributed by atoms with E-state index in [-0.39, 0.29) is 19.4 Å². The van der Waals surface area contributed by atoms with Crippen LogP contribution in [0.4, 0.5) is 4.79 Å². The molecule has 0 heterocycles. The summed E-state index contributed by atoms with van der Waals surface area (Å²) in [5.41, 5.74) is 10.9. The molecule has 7 nitrogen and oxygen atoms in total. The second-order valence-corrected chi connectivity index (χ2v) is 4.17. The van der Waals surface area contributed by atoms with Crippen molar-refractivity contribution in [2.24, 2.45) is 11.5 Å².